The first-order valence-electron chi connectivity index (χ1n) is 5.62. The molecule has 1 atom stereocenters. The summed E-state index contributed by atoms with van der Waals surface area (Å²) in [4.78, 5) is 0. The molecule has 1 aromatic carbocycles. The van der Waals surface area contributed by atoms with E-state index in [-0.39, 0.29) is 12.1 Å². The maximum absolute atomic E-state index is 5.99. The molecule has 0 fully saturated rings. The van der Waals surface area contributed by atoms with Crippen LogP contribution in [0.15, 0.2) is 28.7 Å². The van der Waals surface area contributed by atoms with Gasteiger partial charge in [0.05, 0.1) is 18.8 Å². The molecule has 92 valence electrons. The number of nitrogens with two attached hydrogens (primary N) is 1. The highest BCUT2D eigenvalue weighted by Gasteiger charge is 2.13. The smallest absolute Gasteiger partial charge is 0.134 e. The molecule has 1 aromatic heterocycles. The molecule has 0 saturated carbocycles. The Labute approximate surface area is 105 Å². The van der Waals surface area contributed by atoms with Crippen molar-refractivity contribution in [3.63, 3.8) is 0 Å². The Morgan fingerprint density at radius 1 is 1.35 bits per heavy atom. The first-order chi connectivity index (χ1) is 8.06. The van der Waals surface area contributed by atoms with Crippen LogP contribution < -0.4 is 5.73 Å². The molecule has 0 spiro atoms. The second kappa shape index (κ2) is 5.08. The fraction of sp³-hybridized carbons (Fsp3) is 0.385. The highest BCUT2D eigenvalue weighted by atomic mass is 35.5. The number of benzene rings is 1. The number of rotatable bonds is 4. The van der Waals surface area contributed by atoms with E-state index in [0.29, 0.717) is 11.6 Å². The summed E-state index contributed by atoms with van der Waals surface area (Å²) in [5.74, 6) is 0.725. The third kappa shape index (κ3) is 3.00. The van der Waals surface area contributed by atoms with Gasteiger partial charge in [0.2, 0.25) is 0 Å². The molecule has 3 nitrogen and oxygen atoms in total. The second-order valence-electron chi connectivity index (χ2n) is 4.32. The number of fused-ring (bicyclic) bond motifs is 1. The van der Waals surface area contributed by atoms with Crippen LogP contribution in [-0.2, 0) is 4.74 Å². The monoisotopic (exact) mass is 253 g/mol. The number of hydrogen-bond acceptors (Lipinski definition) is 3. The first-order valence-corrected chi connectivity index (χ1v) is 6.00. The molecule has 0 aliphatic heterocycles. The molecule has 0 saturated heterocycles. The Kier molecular flexibility index (Phi) is 3.72. The van der Waals surface area contributed by atoms with Crippen molar-refractivity contribution in [2.45, 2.75) is 26.0 Å². The van der Waals surface area contributed by atoms with Gasteiger partial charge in [0.1, 0.15) is 11.3 Å². The standard InChI is InChI=1S/C13H16ClNO2/c1-8(2)16-7-11(15)13-6-9-5-10(14)3-4-12(9)17-13/h3-6,8,11H,7,15H2,1-2H3. The van der Waals surface area contributed by atoms with Gasteiger partial charge in [0.15, 0.2) is 0 Å². The Morgan fingerprint density at radius 3 is 2.82 bits per heavy atom. The first kappa shape index (κ1) is 12.4. The minimum absolute atomic E-state index is 0.167. The van der Waals surface area contributed by atoms with E-state index in [1.54, 1.807) is 6.07 Å². The van der Waals surface area contributed by atoms with Gasteiger partial charge in [-0.3, -0.25) is 0 Å². The summed E-state index contributed by atoms with van der Waals surface area (Å²) in [7, 11) is 0. The average Bonchev–Trinajstić information content (AvgIpc) is 2.68. The van der Waals surface area contributed by atoms with Crippen molar-refractivity contribution in [3.05, 3.63) is 35.0 Å². The molecule has 0 amide bonds. The van der Waals surface area contributed by atoms with Crippen LogP contribution in [-0.4, -0.2) is 12.7 Å². The molecule has 0 aliphatic carbocycles. The van der Waals surface area contributed by atoms with Crippen molar-refractivity contribution in [2.75, 3.05) is 6.61 Å². The minimum Gasteiger partial charge on any atom is -0.459 e. The predicted molar refractivity (Wildman–Crippen MR) is 69.2 cm³/mol. The van der Waals surface area contributed by atoms with Gasteiger partial charge in [0.25, 0.3) is 0 Å². The van der Waals surface area contributed by atoms with Crippen molar-refractivity contribution in [1.29, 1.82) is 0 Å². The molecular formula is C13H16ClNO2. The third-order valence-corrected chi connectivity index (χ3v) is 2.71. The van der Waals surface area contributed by atoms with Gasteiger partial charge in [-0.05, 0) is 38.1 Å². The van der Waals surface area contributed by atoms with E-state index in [1.165, 1.54) is 0 Å². The number of furan rings is 1. The maximum Gasteiger partial charge on any atom is 0.134 e. The number of ether oxygens (including phenoxy) is 1. The van der Waals surface area contributed by atoms with Crippen LogP contribution in [0.25, 0.3) is 11.0 Å². The van der Waals surface area contributed by atoms with Gasteiger partial charge >= 0.3 is 0 Å². The molecule has 1 heterocycles. The Morgan fingerprint density at radius 2 is 2.12 bits per heavy atom. The van der Waals surface area contributed by atoms with E-state index in [9.17, 15) is 0 Å². The van der Waals surface area contributed by atoms with E-state index in [1.807, 2.05) is 32.0 Å². The molecule has 4 heteroatoms. The minimum atomic E-state index is -0.247. The molecule has 17 heavy (non-hydrogen) atoms. The highest BCUT2D eigenvalue weighted by molar-refractivity contribution is 6.31. The number of halogens is 1. The SMILES string of the molecule is CC(C)OCC(N)c1cc2cc(Cl)ccc2o1. The summed E-state index contributed by atoms with van der Waals surface area (Å²) in [6, 6.07) is 7.17. The predicted octanol–water partition coefficient (Wildman–Crippen LogP) is 3.51. The van der Waals surface area contributed by atoms with Gasteiger partial charge in [-0.2, -0.15) is 0 Å². The van der Waals surface area contributed by atoms with Gasteiger partial charge in [-0.25, -0.2) is 0 Å². The lowest BCUT2D eigenvalue weighted by atomic mass is 10.2. The van der Waals surface area contributed by atoms with E-state index in [4.69, 9.17) is 26.5 Å². The van der Waals surface area contributed by atoms with E-state index in [0.717, 1.165) is 16.7 Å². The summed E-state index contributed by atoms with van der Waals surface area (Å²) in [5, 5.41) is 1.66. The molecule has 0 radical (unpaired) electrons. The van der Waals surface area contributed by atoms with E-state index in [2.05, 4.69) is 0 Å². The molecule has 2 rings (SSSR count). The summed E-state index contributed by atoms with van der Waals surface area (Å²) in [5.41, 5.74) is 6.79. The second-order valence-corrected chi connectivity index (χ2v) is 4.76. The van der Waals surface area contributed by atoms with Crippen molar-refractivity contribution in [2.24, 2.45) is 5.73 Å². The van der Waals surface area contributed by atoms with Gasteiger partial charge < -0.3 is 14.9 Å². The lowest BCUT2D eigenvalue weighted by molar-refractivity contribution is 0.0649. The zero-order valence-corrected chi connectivity index (χ0v) is 10.7. The highest BCUT2D eigenvalue weighted by Crippen LogP contribution is 2.25. The Balaban J connectivity index is 2.18. The number of hydrogen-bond donors (Lipinski definition) is 1. The lowest BCUT2D eigenvalue weighted by Crippen LogP contribution is -2.18. The van der Waals surface area contributed by atoms with Crippen molar-refractivity contribution in [1.82, 2.24) is 0 Å². The third-order valence-electron chi connectivity index (χ3n) is 2.47. The average molecular weight is 254 g/mol. The molecule has 0 bridgehead atoms. The zero-order valence-electron chi connectivity index (χ0n) is 9.94. The van der Waals surface area contributed by atoms with Crippen molar-refractivity contribution in [3.8, 4) is 0 Å². The van der Waals surface area contributed by atoms with E-state index >= 15 is 0 Å². The lowest BCUT2D eigenvalue weighted by Gasteiger charge is -2.11. The van der Waals surface area contributed by atoms with Crippen LogP contribution in [0.3, 0.4) is 0 Å². The molecule has 2 aromatic rings. The molecule has 0 aliphatic rings. The summed E-state index contributed by atoms with van der Waals surface area (Å²) < 4.78 is 11.1. The summed E-state index contributed by atoms with van der Waals surface area (Å²) in [6.07, 6.45) is 0.167. The maximum atomic E-state index is 5.99. The topological polar surface area (TPSA) is 48.4 Å². The van der Waals surface area contributed by atoms with Crippen molar-refractivity contribution >= 4 is 22.6 Å². The summed E-state index contributed by atoms with van der Waals surface area (Å²) >= 11 is 5.91. The zero-order chi connectivity index (χ0) is 12.4. The van der Waals surface area contributed by atoms with Crippen LogP contribution in [0.1, 0.15) is 25.6 Å². The van der Waals surface area contributed by atoms with Crippen molar-refractivity contribution < 1.29 is 9.15 Å². The van der Waals surface area contributed by atoms with Crippen LogP contribution in [0, 0.1) is 0 Å². The fourth-order valence-corrected chi connectivity index (χ4v) is 1.78. The van der Waals surface area contributed by atoms with Gasteiger partial charge in [0, 0.05) is 10.4 Å². The Bertz CT molecular complexity index is 507. The fourth-order valence-electron chi connectivity index (χ4n) is 1.60. The van der Waals surface area contributed by atoms with Crippen LogP contribution in [0.5, 0.6) is 0 Å². The van der Waals surface area contributed by atoms with Crippen LogP contribution >= 0.6 is 11.6 Å². The molecular weight excluding hydrogens is 238 g/mol. The normalized spacial score (nSPS) is 13.5. The van der Waals surface area contributed by atoms with Crippen LogP contribution in [0.4, 0.5) is 0 Å². The quantitative estimate of drug-likeness (QED) is 0.907. The largest absolute Gasteiger partial charge is 0.459 e. The van der Waals surface area contributed by atoms with Gasteiger partial charge in [-0.15, -0.1) is 0 Å². The summed E-state index contributed by atoms with van der Waals surface area (Å²) in [6.45, 7) is 4.40. The van der Waals surface area contributed by atoms with E-state index < -0.39 is 0 Å². The Hall–Kier alpha value is -1.03. The molecule has 1 unspecified atom stereocenters. The van der Waals surface area contributed by atoms with Crippen LogP contribution in [0.2, 0.25) is 5.02 Å². The molecule has 2 N–H and O–H groups in total. The van der Waals surface area contributed by atoms with Gasteiger partial charge in [-0.1, -0.05) is 11.6 Å².